The molecule has 0 aliphatic rings. The van der Waals surface area contributed by atoms with E-state index in [1.54, 1.807) is 11.8 Å². The van der Waals surface area contributed by atoms with Gasteiger partial charge in [-0.3, -0.25) is 0 Å². The summed E-state index contributed by atoms with van der Waals surface area (Å²) in [6.45, 7) is 2.36. The first-order valence-corrected chi connectivity index (χ1v) is 5.35. The Balaban J connectivity index is 2.48. The minimum atomic E-state index is -0.222. The highest BCUT2D eigenvalue weighted by Crippen LogP contribution is 2.17. The normalized spacial score (nSPS) is 12.6. The molecule has 1 heterocycles. The van der Waals surface area contributed by atoms with Crippen LogP contribution in [-0.2, 0) is 11.3 Å². The Morgan fingerprint density at radius 3 is 2.88 bits per heavy atom. The first-order chi connectivity index (χ1) is 8.24. The van der Waals surface area contributed by atoms with E-state index in [1.807, 2.05) is 31.2 Å². The predicted octanol–water partition coefficient (Wildman–Crippen LogP) is 0.828. The van der Waals surface area contributed by atoms with Crippen molar-refractivity contribution in [1.29, 1.82) is 0 Å². The van der Waals surface area contributed by atoms with E-state index in [0.717, 1.165) is 11.3 Å². The molecule has 0 aliphatic heterocycles. The van der Waals surface area contributed by atoms with Crippen molar-refractivity contribution in [3.8, 4) is 5.69 Å². The van der Waals surface area contributed by atoms with Gasteiger partial charge in [0.05, 0.1) is 18.3 Å². The second-order valence-electron chi connectivity index (χ2n) is 3.80. The van der Waals surface area contributed by atoms with Gasteiger partial charge in [0.1, 0.15) is 0 Å². The lowest BCUT2D eigenvalue weighted by Gasteiger charge is -2.11. The van der Waals surface area contributed by atoms with Crippen molar-refractivity contribution in [2.45, 2.75) is 19.6 Å². The van der Waals surface area contributed by atoms with Gasteiger partial charge < -0.3 is 10.5 Å². The molecule has 2 rings (SSSR count). The van der Waals surface area contributed by atoms with Gasteiger partial charge in [-0.1, -0.05) is 18.2 Å². The van der Waals surface area contributed by atoms with E-state index in [-0.39, 0.29) is 6.04 Å². The number of hydrogen-bond donors (Lipinski definition) is 1. The molecular weight excluding hydrogens is 218 g/mol. The number of hydrogen-bond acceptors (Lipinski definition) is 5. The van der Waals surface area contributed by atoms with Crippen LogP contribution in [0.1, 0.15) is 24.4 Å². The molecule has 0 saturated heterocycles. The first-order valence-electron chi connectivity index (χ1n) is 5.35. The Morgan fingerprint density at radius 1 is 1.41 bits per heavy atom. The second kappa shape index (κ2) is 5.03. The summed E-state index contributed by atoms with van der Waals surface area (Å²) in [4.78, 5) is 0. The quantitative estimate of drug-likeness (QED) is 0.846. The highest BCUT2D eigenvalue weighted by atomic mass is 16.5. The molecule has 2 aromatic rings. The zero-order chi connectivity index (χ0) is 12.3. The van der Waals surface area contributed by atoms with Gasteiger partial charge in [0.2, 0.25) is 0 Å². The summed E-state index contributed by atoms with van der Waals surface area (Å²) in [5.41, 5.74) is 7.74. The molecular formula is C11H15N5O. The van der Waals surface area contributed by atoms with Crippen molar-refractivity contribution in [2.75, 3.05) is 7.11 Å². The van der Waals surface area contributed by atoms with Crippen LogP contribution in [0.5, 0.6) is 0 Å². The lowest BCUT2D eigenvalue weighted by molar-refractivity contribution is 0.184. The molecule has 1 aromatic carbocycles. The smallest absolute Gasteiger partial charge is 0.173 e. The van der Waals surface area contributed by atoms with Gasteiger partial charge in [-0.05, 0) is 23.4 Å². The molecule has 17 heavy (non-hydrogen) atoms. The molecule has 0 bridgehead atoms. The van der Waals surface area contributed by atoms with Gasteiger partial charge in [-0.2, -0.15) is 4.68 Å². The number of para-hydroxylation sites is 1. The SMILES string of the molecule is COCc1ccccc1-n1nnnc1C(C)N. The van der Waals surface area contributed by atoms with Crippen molar-refractivity contribution in [3.05, 3.63) is 35.7 Å². The Hall–Kier alpha value is -1.79. The first kappa shape index (κ1) is 11.7. The van der Waals surface area contributed by atoms with Crippen LogP contribution >= 0.6 is 0 Å². The Morgan fingerprint density at radius 2 is 2.18 bits per heavy atom. The summed E-state index contributed by atoms with van der Waals surface area (Å²) in [6, 6.07) is 7.58. The van der Waals surface area contributed by atoms with Gasteiger partial charge in [0.25, 0.3) is 0 Å². The van der Waals surface area contributed by atoms with E-state index in [1.165, 1.54) is 0 Å². The second-order valence-corrected chi connectivity index (χ2v) is 3.80. The largest absolute Gasteiger partial charge is 0.380 e. The molecule has 6 nitrogen and oxygen atoms in total. The molecule has 0 radical (unpaired) electrons. The number of rotatable bonds is 4. The minimum Gasteiger partial charge on any atom is -0.380 e. The average molecular weight is 233 g/mol. The summed E-state index contributed by atoms with van der Waals surface area (Å²) >= 11 is 0. The Bertz CT molecular complexity index is 494. The van der Waals surface area contributed by atoms with Crippen LogP contribution in [0.25, 0.3) is 5.69 Å². The van der Waals surface area contributed by atoms with E-state index in [0.29, 0.717) is 12.4 Å². The van der Waals surface area contributed by atoms with Gasteiger partial charge in [0, 0.05) is 12.7 Å². The monoisotopic (exact) mass is 233 g/mol. The van der Waals surface area contributed by atoms with Gasteiger partial charge in [-0.25, -0.2) is 0 Å². The molecule has 1 atom stereocenters. The molecule has 0 aliphatic carbocycles. The lowest BCUT2D eigenvalue weighted by atomic mass is 10.2. The minimum absolute atomic E-state index is 0.222. The predicted molar refractivity (Wildman–Crippen MR) is 62.5 cm³/mol. The van der Waals surface area contributed by atoms with Crippen molar-refractivity contribution < 1.29 is 4.74 Å². The molecule has 0 amide bonds. The number of nitrogens with zero attached hydrogens (tertiary/aromatic N) is 4. The van der Waals surface area contributed by atoms with Crippen LogP contribution in [0.2, 0.25) is 0 Å². The number of methoxy groups -OCH3 is 1. The van der Waals surface area contributed by atoms with E-state index in [4.69, 9.17) is 10.5 Å². The van der Waals surface area contributed by atoms with E-state index in [9.17, 15) is 0 Å². The molecule has 6 heteroatoms. The molecule has 1 unspecified atom stereocenters. The van der Waals surface area contributed by atoms with Crippen LogP contribution in [0, 0.1) is 0 Å². The van der Waals surface area contributed by atoms with Crippen molar-refractivity contribution in [2.24, 2.45) is 5.73 Å². The van der Waals surface area contributed by atoms with Crippen LogP contribution < -0.4 is 5.73 Å². The van der Waals surface area contributed by atoms with Crippen molar-refractivity contribution in [3.63, 3.8) is 0 Å². The molecule has 0 fully saturated rings. The average Bonchev–Trinajstić information content (AvgIpc) is 2.79. The molecule has 2 N–H and O–H groups in total. The number of benzene rings is 1. The Labute approximate surface area is 99.4 Å². The molecule has 0 saturated carbocycles. The number of ether oxygens (including phenoxy) is 1. The molecule has 1 aromatic heterocycles. The van der Waals surface area contributed by atoms with Gasteiger partial charge in [0.15, 0.2) is 5.82 Å². The number of aromatic nitrogens is 4. The van der Waals surface area contributed by atoms with E-state index < -0.39 is 0 Å². The maximum absolute atomic E-state index is 5.83. The summed E-state index contributed by atoms with van der Waals surface area (Å²) in [6.07, 6.45) is 0. The highest BCUT2D eigenvalue weighted by Gasteiger charge is 2.14. The maximum atomic E-state index is 5.83. The van der Waals surface area contributed by atoms with Crippen molar-refractivity contribution >= 4 is 0 Å². The zero-order valence-electron chi connectivity index (χ0n) is 9.87. The maximum Gasteiger partial charge on any atom is 0.173 e. The van der Waals surface area contributed by atoms with Crippen molar-refractivity contribution in [1.82, 2.24) is 20.2 Å². The molecule has 0 spiro atoms. The lowest BCUT2D eigenvalue weighted by Crippen LogP contribution is -2.14. The summed E-state index contributed by atoms with van der Waals surface area (Å²) in [7, 11) is 1.66. The summed E-state index contributed by atoms with van der Waals surface area (Å²) < 4.78 is 6.81. The number of nitrogens with two attached hydrogens (primary N) is 1. The fraction of sp³-hybridized carbons (Fsp3) is 0.364. The van der Waals surface area contributed by atoms with Gasteiger partial charge >= 0.3 is 0 Å². The summed E-state index contributed by atoms with van der Waals surface area (Å²) in [5, 5.41) is 11.6. The van der Waals surface area contributed by atoms with Gasteiger partial charge in [-0.15, -0.1) is 5.10 Å². The van der Waals surface area contributed by atoms with E-state index >= 15 is 0 Å². The van der Waals surface area contributed by atoms with E-state index in [2.05, 4.69) is 15.5 Å². The highest BCUT2D eigenvalue weighted by molar-refractivity contribution is 5.40. The third-order valence-electron chi connectivity index (χ3n) is 2.42. The van der Waals surface area contributed by atoms with Crippen LogP contribution in [0.4, 0.5) is 0 Å². The zero-order valence-corrected chi connectivity index (χ0v) is 9.87. The Kier molecular flexibility index (Phi) is 3.46. The van der Waals surface area contributed by atoms with Crippen LogP contribution in [0.15, 0.2) is 24.3 Å². The topological polar surface area (TPSA) is 78.8 Å². The summed E-state index contributed by atoms with van der Waals surface area (Å²) in [5.74, 6) is 0.633. The number of tetrazole rings is 1. The third-order valence-corrected chi connectivity index (χ3v) is 2.42. The fourth-order valence-electron chi connectivity index (χ4n) is 1.64. The third kappa shape index (κ3) is 2.32. The molecule has 90 valence electrons. The van der Waals surface area contributed by atoms with Crippen LogP contribution in [-0.4, -0.2) is 27.3 Å². The fourth-order valence-corrected chi connectivity index (χ4v) is 1.64. The van der Waals surface area contributed by atoms with Crippen LogP contribution in [0.3, 0.4) is 0 Å². The standard InChI is InChI=1S/C11H15N5O/c1-8(12)11-13-14-15-16(11)10-6-4-3-5-9(10)7-17-2/h3-6,8H,7,12H2,1-2H3.